The monoisotopic (exact) mass is 318 g/mol. The van der Waals surface area contributed by atoms with Gasteiger partial charge in [0.15, 0.2) is 0 Å². The second kappa shape index (κ2) is 5.07. The van der Waals surface area contributed by atoms with Crippen LogP contribution in [0.1, 0.15) is 25.7 Å². The number of hydrogen-bond acceptors (Lipinski definition) is 2. The third-order valence-corrected chi connectivity index (χ3v) is 4.71. The maximum absolute atomic E-state index is 12.7. The van der Waals surface area contributed by atoms with E-state index in [2.05, 4.69) is 6.58 Å². The molecular formula is C13H16F6O2. The summed E-state index contributed by atoms with van der Waals surface area (Å²) in [6.07, 6.45) is -10.6. The zero-order valence-electron chi connectivity index (χ0n) is 11.0. The predicted molar refractivity (Wildman–Crippen MR) is 61.1 cm³/mol. The van der Waals surface area contributed by atoms with Gasteiger partial charge in [-0.25, -0.2) is 0 Å². The number of rotatable bonds is 4. The van der Waals surface area contributed by atoms with E-state index in [0.717, 1.165) is 0 Å². The largest absolute Gasteiger partial charge is 0.498 e. The fourth-order valence-corrected chi connectivity index (χ4v) is 3.65. The minimum Gasteiger partial charge on any atom is -0.498 e. The fraction of sp³-hybridized carbons (Fsp3) is 0.846. The van der Waals surface area contributed by atoms with Crippen molar-refractivity contribution < 1.29 is 36.2 Å². The van der Waals surface area contributed by atoms with E-state index in [1.54, 1.807) is 0 Å². The van der Waals surface area contributed by atoms with Crippen LogP contribution in [0.2, 0.25) is 0 Å². The first-order valence-corrected chi connectivity index (χ1v) is 6.62. The lowest BCUT2D eigenvalue weighted by Crippen LogP contribution is -2.58. The lowest BCUT2D eigenvalue weighted by molar-refractivity contribution is -0.373. The van der Waals surface area contributed by atoms with E-state index >= 15 is 0 Å². The molecule has 2 saturated carbocycles. The first-order chi connectivity index (χ1) is 9.49. The molecule has 2 aliphatic rings. The molecule has 2 fully saturated rings. The molecule has 4 atom stereocenters. The fourth-order valence-electron chi connectivity index (χ4n) is 3.65. The number of halogens is 6. The molecule has 0 saturated heterocycles. The number of alkyl halides is 6. The highest BCUT2D eigenvalue weighted by molar-refractivity contribution is 5.02. The molecule has 0 aromatic carbocycles. The molecule has 4 unspecified atom stereocenters. The number of fused-ring (bicyclic) bond motifs is 2. The molecule has 0 spiro atoms. The third kappa shape index (κ3) is 2.74. The van der Waals surface area contributed by atoms with Crippen LogP contribution in [0.3, 0.4) is 0 Å². The molecule has 0 aromatic heterocycles. The van der Waals surface area contributed by atoms with Crippen LogP contribution in [0.5, 0.6) is 0 Å². The van der Waals surface area contributed by atoms with Gasteiger partial charge in [0, 0.05) is 0 Å². The van der Waals surface area contributed by atoms with Crippen molar-refractivity contribution in [3.63, 3.8) is 0 Å². The topological polar surface area (TPSA) is 29.5 Å². The van der Waals surface area contributed by atoms with E-state index in [-0.39, 0.29) is 24.4 Å². The molecule has 0 radical (unpaired) electrons. The normalized spacial score (nSPS) is 33.3. The molecule has 0 heterocycles. The lowest BCUT2D eigenvalue weighted by atomic mass is 9.79. The van der Waals surface area contributed by atoms with E-state index in [1.165, 1.54) is 6.26 Å². The standard InChI is InChI=1S/C13H16F6O2/c1-2-21-10-5-7-3-8(10)4-9(7)6-11(20,12(14,15)16)13(17,18)19/h2,7-10,20H,1,3-6H2. The van der Waals surface area contributed by atoms with Crippen LogP contribution in [0.4, 0.5) is 26.3 Å². The summed E-state index contributed by atoms with van der Waals surface area (Å²) in [5.74, 6) is -1.15. The van der Waals surface area contributed by atoms with Gasteiger partial charge in [0.2, 0.25) is 0 Å². The van der Waals surface area contributed by atoms with Gasteiger partial charge in [-0.3, -0.25) is 0 Å². The summed E-state index contributed by atoms with van der Waals surface area (Å²) >= 11 is 0. The lowest BCUT2D eigenvalue weighted by Gasteiger charge is -2.37. The van der Waals surface area contributed by atoms with Crippen LogP contribution in [-0.4, -0.2) is 29.2 Å². The molecule has 8 heteroatoms. The van der Waals surface area contributed by atoms with Gasteiger partial charge in [-0.1, -0.05) is 6.58 Å². The quantitative estimate of drug-likeness (QED) is 0.631. The van der Waals surface area contributed by atoms with Crippen molar-refractivity contribution in [3.05, 3.63) is 12.8 Å². The summed E-state index contributed by atoms with van der Waals surface area (Å²) < 4.78 is 81.3. The zero-order chi connectivity index (χ0) is 16.1. The van der Waals surface area contributed by atoms with Crippen LogP contribution in [0, 0.1) is 17.8 Å². The molecule has 2 nitrogen and oxygen atoms in total. The molecule has 21 heavy (non-hydrogen) atoms. The molecule has 122 valence electrons. The molecule has 2 rings (SSSR count). The van der Waals surface area contributed by atoms with E-state index < -0.39 is 30.3 Å². The Balaban J connectivity index is 2.10. The minimum absolute atomic E-state index is 0.0660. The number of ether oxygens (including phenoxy) is 1. The highest BCUT2D eigenvalue weighted by Crippen LogP contribution is 2.55. The van der Waals surface area contributed by atoms with Crippen molar-refractivity contribution in [3.8, 4) is 0 Å². The SMILES string of the molecule is C=COC1CC2CC1CC2CC(O)(C(F)(F)F)C(F)(F)F. The molecule has 0 aromatic rings. The van der Waals surface area contributed by atoms with Crippen LogP contribution in [0.25, 0.3) is 0 Å². The molecule has 0 amide bonds. The maximum Gasteiger partial charge on any atom is 0.426 e. The van der Waals surface area contributed by atoms with E-state index in [0.29, 0.717) is 12.8 Å². The average molecular weight is 318 g/mol. The van der Waals surface area contributed by atoms with Crippen LogP contribution >= 0.6 is 0 Å². The van der Waals surface area contributed by atoms with Crippen LogP contribution < -0.4 is 0 Å². The van der Waals surface area contributed by atoms with Gasteiger partial charge in [-0.15, -0.1) is 0 Å². The van der Waals surface area contributed by atoms with Crippen molar-refractivity contribution in [2.24, 2.45) is 17.8 Å². The Bertz CT molecular complexity index is 388. The highest BCUT2D eigenvalue weighted by atomic mass is 19.4. The first-order valence-electron chi connectivity index (χ1n) is 6.62. The Labute approximate surface area is 117 Å². The van der Waals surface area contributed by atoms with E-state index in [1.807, 2.05) is 0 Å². The maximum atomic E-state index is 12.7. The van der Waals surface area contributed by atoms with Gasteiger partial charge in [0.05, 0.1) is 6.26 Å². The summed E-state index contributed by atoms with van der Waals surface area (Å²) in [5, 5.41) is 9.24. The molecule has 1 N–H and O–H groups in total. The van der Waals surface area contributed by atoms with E-state index in [9.17, 15) is 31.4 Å². The minimum atomic E-state index is -5.73. The van der Waals surface area contributed by atoms with E-state index in [4.69, 9.17) is 4.74 Å². The second-order valence-corrected chi connectivity index (χ2v) is 5.89. The predicted octanol–water partition coefficient (Wildman–Crippen LogP) is 3.81. The van der Waals surface area contributed by atoms with Gasteiger partial charge in [0.25, 0.3) is 5.60 Å². The Morgan fingerprint density at radius 2 is 1.57 bits per heavy atom. The van der Waals surface area contributed by atoms with Crippen molar-refractivity contribution in [1.29, 1.82) is 0 Å². The van der Waals surface area contributed by atoms with Gasteiger partial charge in [0.1, 0.15) is 6.10 Å². The Morgan fingerprint density at radius 1 is 1.00 bits per heavy atom. The molecular weight excluding hydrogens is 302 g/mol. The third-order valence-electron chi connectivity index (χ3n) is 4.71. The van der Waals surface area contributed by atoms with Crippen molar-refractivity contribution in [2.45, 2.75) is 49.7 Å². The summed E-state index contributed by atoms with van der Waals surface area (Å²) in [6, 6.07) is 0. The van der Waals surface area contributed by atoms with Crippen molar-refractivity contribution in [1.82, 2.24) is 0 Å². The number of hydrogen-bond donors (Lipinski definition) is 1. The van der Waals surface area contributed by atoms with Gasteiger partial charge in [-0.05, 0) is 43.4 Å². The summed E-state index contributed by atoms with van der Waals surface area (Å²) in [7, 11) is 0. The summed E-state index contributed by atoms with van der Waals surface area (Å²) in [4.78, 5) is 0. The van der Waals surface area contributed by atoms with Gasteiger partial charge >= 0.3 is 12.4 Å². The van der Waals surface area contributed by atoms with Gasteiger partial charge in [-0.2, -0.15) is 26.3 Å². The molecule has 0 aliphatic heterocycles. The second-order valence-electron chi connectivity index (χ2n) is 5.89. The van der Waals surface area contributed by atoms with Crippen LogP contribution in [0.15, 0.2) is 12.8 Å². The number of aliphatic hydroxyl groups is 1. The smallest absolute Gasteiger partial charge is 0.426 e. The molecule has 2 bridgehead atoms. The first kappa shape index (κ1) is 16.5. The Morgan fingerprint density at radius 3 is 1.95 bits per heavy atom. The Kier molecular flexibility index (Phi) is 3.97. The molecule has 2 aliphatic carbocycles. The average Bonchev–Trinajstić information content (AvgIpc) is 2.85. The Hall–Kier alpha value is -0.920. The zero-order valence-corrected chi connectivity index (χ0v) is 11.0. The highest BCUT2D eigenvalue weighted by Gasteiger charge is 2.71. The van der Waals surface area contributed by atoms with Crippen molar-refractivity contribution in [2.75, 3.05) is 0 Å². The van der Waals surface area contributed by atoms with Crippen LogP contribution in [-0.2, 0) is 4.74 Å². The van der Waals surface area contributed by atoms with Gasteiger partial charge < -0.3 is 9.84 Å². The van der Waals surface area contributed by atoms with Crippen molar-refractivity contribution >= 4 is 0 Å². The summed E-state index contributed by atoms with van der Waals surface area (Å²) in [5.41, 5.74) is -4.63. The summed E-state index contributed by atoms with van der Waals surface area (Å²) in [6.45, 7) is 3.39.